The maximum absolute atomic E-state index is 11.0. The maximum Gasteiger partial charge on any atom is 0.252 e. The van der Waals surface area contributed by atoms with E-state index in [2.05, 4.69) is 22.2 Å². The lowest BCUT2D eigenvalue weighted by Crippen LogP contribution is -2.33. The standard InChI is InChI=1S/C10H15N3O/c1-10(3-2-4-10)6-11-8-5-9(14)13-7-12-8/h5,7H,2-4,6H2,1H3,(H2,11,12,13,14). The second-order valence-electron chi connectivity index (χ2n) is 4.31. The molecule has 1 aliphatic rings. The van der Waals surface area contributed by atoms with Gasteiger partial charge in [0.15, 0.2) is 0 Å². The van der Waals surface area contributed by atoms with Crippen LogP contribution in [-0.2, 0) is 0 Å². The predicted molar refractivity (Wildman–Crippen MR) is 55.3 cm³/mol. The molecular formula is C10H15N3O. The Morgan fingerprint density at radius 1 is 1.64 bits per heavy atom. The Morgan fingerprint density at radius 3 is 3.00 bits per heavy atom. The maximum atomic E-state index is 11.0. The van der Waals surface area contributed by atoms with Gasteiger partial charge in [-0.3, -0.25) is 4.79 Å². The van der Waals surface area contributed by atoms with E-state index in [0.717, 1.165) is 6.54 Å². The zero-order valence-electron chi connectivity index (χ0n) is 8.34. The summed E-state index contributed by atoms with van der Waals surface area (Å²) < 4.78 is 0. The molecule has 0 aliphatic heterocycles. The van der Waals surface area contributed by atoms with Crippen molar-refractivity contribution in [2.45, 2.75) is 26.2 Å². The van der Waals surface area contributed by atoms with Crippen molar-refractivity contribution >= 4 is 5.82 Å². The summed E-state index contributed by atoms with van der Waals surface area (Å²) in [5.74, 6) is 0.668. The first-order chi connectivity index (χ1) is 6.68. The molecule has 1 aliphatic carbocycles. The first-order valence-electron chi connectivity index (χ1n) is 4.97. The van der Waals surface area contributed by atoms with Gasteiger partial charge in [-0.25, -0.2) is 4.98 Å². The van der Waals surface area contributed by atoms with Crippen molar-refractivity contribution in [2.24, 2.45) is 5.41 Å². The van der Waals surface area contributed by atoms with Crippen LogP contribution in [0.5, 0.6) is 0 Å². The smallest absolute Gasteiger partial charge is 0.252 e. The molecule has 1 saturated carbocycles. The molecule has 14 heavy (non-hydrogen) atoms. The molecule has 0 spiro atoms. The van der Waals surface area contributed by atoms with Gasteiger partial charge in [0.2, 0.25) is 0 Å². The third kappa shape index (κ3) is 1.95. The SMILES string of the molecule is CC1(CNc2cc(=O)[nH]cn2)CCC1. The summed E-state index contributed by atoms with van der Waals surface area (Å²) in [6.45, 7) is 3.17. The number of hydrogen-bond acceptors (Lipinski definition) is 3. The van der Waals surface area contributed by atoms with Crippen LogP contribution < -0.4 is 10.9 Å². The number of anilines is 1. The van der Waals surface area contributed by atoms with Crippen LogP contribution in [0.1, 0.15) is 26.2 Å². The van der Waals surface area contributed by atoms with E-state index in [-0.39, 0.29) is 5.56 Å². The minimum absolute atomic E-state index is 0.110. The summed E-state index contributed by atoms with van der Waals surface area (Å²) in [4.78, 5) is 17.5. The van der Waals surface area contributed by atoms with Crippen LogP contribution in [0.3, 0.4) is 0 Å². The van der Waals surface area contributed by atoms with E-state index >= 15 is 0 Å². The van der Waals surface area contributed by atoms with Crippen molar-refractivity contribution in [1.82, 2.24) is 9.97 Å². The van der Waals surface area contributed by atoms with E-state index in [9.17, 15) is 4.79 Å². The number of aromatic nitrogens is 2. The summed E-state index contributed by atoms with van der Waals surface area (Å²) in [7, 11) is 0. The summed E-state index contributed by atoms with van der Waals surface area (Å²) in [5.41, 5.74) is 0.297. The molecule has 0 atom stereocenters. The zero-order valence-corrected chi connectivity index (χ0v) is 8.34. The highest BCUT2D eigenvalue weighted by molar-refractivity contribution is 5.32. The van der Waals surface area contributed by atoms with Gasteiger partial charge in [0.05, 0.1) is 6.33 Å². The van der Waals surface area contributed by atoms with Crippen molar-refractivity contribution in [3.8, 4) is 0 Å². The summed E-state index contributed by atoms with van der Waals surface area (Å²) in [6, 6.07) is 1.49. The molecule has 0 bridgehead atoms. The Kier molecular flexibility index (Phi) is 2.27. The molecule has 4 nitrogen and oxygen atoms in total. The molecular weight excluding hydrogens is 178 g/mol. The van der Waals surface area contributed by atoms with Crippen molar-refractivity contribution in [2.75, 3.05) is 11.9 Å². The highest BCUT2D eigenvalue weighted by atomic mass is 16.1. The van der Waals surface area contributed by atoms with E-state index in [1.807, 2.05) is 0 Å². The fourth-order valence-corrected chi connectivity index (χ4v) is 1.73. The van der Waals surface area contributed by atoms with Crippen LogP contribution in [-0.4, -0.2) is 16.5 Å². The fourth-order valence-electron chi connectivity index (χ4n) is 1.73. The van der Waals surface area contributed by atoms with Gasteiger partial charge < -0.3 is 10.3 Å². The summed E-state index contributed by atoms with van der Waals surface area (Å²) in [5, 5.41) is 3.20. The van der Waals surface area contributed by atoms with Crippen LogP contribution >= 0.6 is 0 Å². The fraction of sp³-hybridized carbons (Fsp3) is 0.600. The molecule has 1 fully saturated rings. The van der Waals surface area contributed by atoms with Crippen LogP contribution in [0.15, 0.2) is 17.2 Å². The minimum Gasteiger partial charge on any atom is -0.369 e. The Hall–Kier alpha value is -1.32. The molecule has 0 unspecified atom stereocenters. The lowest BCUT2D eigenvalue weighted by atomic mass is 9.70. The largest absolute Gasteiger partial charge is 0.369 e. The van der Waals surface area contributed by atoms with Gasteiger partial charge >= 0.3 is 0 Å². The van der Waals surface area contributed by atoms with Gasteiger partial charge in [-0.05, 0) is 18.3 Å². The van der Waals surface area contributed by atoms with Crippen molar-refractivity contribution < 1.29 is 0 Å². The zero-order chi connectivity index (χ0) is 10.0. The van der Waals surface area contributed by atoms with Crippen molar-refractivity contribution in [1.29, 1.82) is 0 Å². The minimum atomic E-state index is -0.110. The predicted octanol–water partition coefficient (Wildman–Crippen LogP) is 1.37. The molecule has 0 saturated heterocycles. The molecule has 1 aromatic heterocycles. The third-order valence-corrected chi connectivity index (χ3v) is 2.94. The third-order valence-electron chi connectivity index (χ3n) is 2.94. The average molecular weight is 193 g/mol. The first kappa shape index (κ1) is 9.24. The molecule has 0 aromatic carbocycles. The molecule has 0 amide bonds. The Labute approximate surface area is 82.8 Å². The lowest BCUT2D eigenvalue weighted by molar-refractivity contribution is 0.180. The highest BCUT2D eigenvalue weighted by Gasteiger charge is 2.31. The van der Waals surface area contributed by atoms with E-state index in [0.29, 0.717) is 11.2 Å². The number of hydrogen-bond donors (Lipinski definition) is 2. The van der Waals surface area contributed by atoms with Crippen molar-refractivity contribution in [3.05, 3.63) is 22.7 Å². The number of aromatic amines is 1. The van der Waals surface area contributed by atoms with E-state index in [4.69, 9.17) is 0 Å². The molecule has 76 valence electrons. The van der Waals surface area contributed by atoms with E-state index < -0.39 is 0 Å². The van der Waals surface area contributed by atoms with Crippen LogP contribution in [0.4, 0.5) is 5.82 Å². The average Bonchev–Trinajstić information content (AvgIpc) is 2.12. The van der Waals surface area contributed by atoms with Crippen LogP contribution in [0.2, 0.25) is 0 Å². The van der Waals surface area contributed by atoms with Crippen LogP contribution in [0.25, 0.3) is 0 Å². The number of nitrogens with zero attached hydrogens (tertiary/aromatic N) is 1. The van der Waals surface area contributed by atoms with E-state index in [1.165, 1.54) is 31.7 Å². The first-order valence-corrected chi connectivity index (χ1v) is 4.97. The Bertz CT molecular complexity index is 368. The highest BCUT2D eigenvalue weighted by Crippen LogP contribution is 2.39. The number of nitrogens with one attached hydrogen (secondary N) is 2. The topological polar surface area (TPSA) is 57.8 Å². The second-order valence-corrected chi connectivity index (χ2v) is 4.31. The molecule has 4 heteroatoms. The molecule has 1 aromatic rings. The van der Waals surface area contributed by atoms with Gasteiger partial charge in [0, 0.05) is 12.6 Å². The Balaban J connectivity index is 1.94. The quantitative estimate of drug-likeness (QED) is 0.762. The number of rotatable bonds is 3. The van der Waals surface area contributed by atoms with Gasteiger partial charge in [0.1, 0.15) is 5.82 Å². The van der Waals surface area contributed by atoms with Crippen molar-refractivity contribution in [3.63, 3.8) is 0 Å². The summed E-state index contributed by atoms with van der Waals surface area (Å²) in [6.07, 6.45) is 5.28. The van der Waals surface area contributed by atoms with Gasteiger partial charge in [-0.15, -0.1) is 0 Å². The van der Waals surface area contributed by atoms with E-state index in [1.54, 1.807) is 0 Å². The van der Waals surface area contributed by atoms with Gasteiger partial charge in [0.25, 0.3) is 5.56 Å². The monoisotopic (exact) mass is 193 g/mol. The molecule has 1 heterocycles. The summed E-state index contributed by atoms with van der Waals surface area (Å²) >= 11 is 0. The molecule has 0 radical (unpaired) electrons. The van der Waals surface area contributed by atoms with Gasteiger partial charge in [-0.1, -0.05) is 13.3 Å². The normalized spacial score (nSPS) is 18.6. The lowest BCUT2D eigenvalue weighted by Gasteiger charge is -2.38. The molecule has 2 rings (SSSR count). The number of H-pyrrole nitrogens is 1. The van der Waals surface area contributed by atoms with Crippen LogP contribution in [0, 0.1) is 5.41 Å². The Morgan fingerprint density at radius 2 is 2.43 bits per heavy atom. The second kappa shape index (κ2) is 3.44. The van der Waals surface area contributed by atoms with Gasteiger partial charge in [-0.2, -0.15) is 0 Å². The molecule has 2 N–H and O–H groups in total.